The molecule has 0 radical (unpaired) electrons. The van der Waals surface area contributed by atoms with Gasteiger partial charge in [-0.25, -0.2) is 13.4 Å². The van der Waals surface area contributed by atoms with E-state index in [0.717, 1.165) is 27.2 Å². The SMILES string of the molecule is COCn1ccnc1C(O)(c1ccc(N(C)S(=O)(=O)c2ccccc2)cc1)C(F)(F)F. The van der Waals surface area contributed by atoms with Crippen LogP contribution >= 0.6 is 0 Å². The van der Waals surface area contributed by atoms with Gasteiger partial charge in [0, 0.05) is 32.1 Å². The first-order valence-electron chi connectivity index (χ1n) is 8.97. The average molecular weight is 455 g/mol. The Bertz CT molecular complexity index is 1130. The summed E-state index contributed by atoms with van der Waals surface area (Å²) < 4.78 is 74.3. The number of methoxy groups -OCH3 is 1. The third-order valence-electron chi connectivity index (χ3n) is 4.77. The van der Waals surface area contributed by atoms with Crippen molar-refractivity contribution in [1.82, 2.24) is 9.55 Å². The summed E-state index contributed by atoms with van der Waals surface area (Å²) >= 11 is 0. The fourth-order valence-corrected chi connectivity index (χ4v) is 4.31. The topological polar surface area (TPSA) is 84.7 Å². The van der Waals surface area contributed by atoms with Gasteiger partial charge in [-0.05, 0) is 24.3 Å². The molecule has 1 unspecified atom stereocenters. The van der Waals surface area contributed by atoms with Crippen molar-refractivity contribution in [2.75, 3.05) is 18.5 Å². The van der Waals surface area contributed by atoms with Crippen molar-refractivity contribution >= 4 is 15.7 Å². The van der Waals surface area contributed by atoms with Gasteiger partial charge >= 0.3 is 6.18 Å². The molecule has 0 saturated heterocycles. The van der Waals surface area contributed by atoms with E-state index in [1.807, 2.05) is 0 Å². The Balaban J connectivity index is 2.02. The Morgan fingerprint density at radius 1 is 1.10 bits per heavy atom. The third-order valence-corrected chi connectivity index (χ3v) is 6.57. The molecule has 3 rings (SSSR count). The third kappa shape index (κ3) is 4.03. The number of ether oxygens (including phenoxy) is 1. The first-order valence-corrected chi connectivity index (χ1v) is 10.4. The van der Waals surface area contributed by atoms with Crippen LogP contribution in [0.5, 0.6) is 0 Å². The molecular formula is C20H20F3N3O4S. The van der Waals surface area contributed by atoms with Crippen molar-refractivity contribution in [1.29, 1.82) is 0 Å². The van der Waals surface area contributed by atoms with Crippen LogP contribution in [0.15, 0.2) is 71.9 Å². The maximum Gasteiger partial charge on any atom is 0.428 e. The molecule has 11 heteroatoms. The van der Waals surface area contributed by atoms with Crippen LogP contribution < -0.4 is 4.31 Å². The zero-order chi connectivity index (χ0) is 22.9. The van der Waals surface area contributed by atoms with Crippen molar-refractivity contribution in [3.05, 3.63) is 78.4 Å². The lowest BCUT2D eigenvalue weighted by Crippen LogP contribution is -2.45. The monoisotopic (exact) mass is 455 g/mol. The van der Waals surface area contributed by atoms with Crippen molar-refractivity contribution in [3.8, 4) is 0 Å². The molecule has 2 aromatic carbocycles. The molecule has 0 aliphatic heterocycles. The van der Waals surface area contributed by atoms with Crippen LogP contribution in [0.1, 0.15) is 11.4 Å². The fraction of sp³-hybridized carbons (Fsp3) is 0.250. The maximum absolute atomic E-state index is 14.0. The van der Waals surface area contributed by atoms with Gasteiger partial charge in [0.2, 0.25) is 5.60 Å². The number of imidazole rings is 1. The minimum atomic E-state index is -5.10. The predicted molar refractivity (Wildman–Crippen MR) is 107 cm³/mol. The summed E-state index contributed by atoms with van der Waals surface area (Å²) in [5, 5.41) is 10.8. The van der Waals surface area contributed by atoms with Gasteiger partial charge in [-0.15, -0.1) is 0 Å². The first-order chi connectivity index (χ1) is 14.5. The number of benzene rings is 2. The Labute approximate surface area is 177 Å². The molecule has 0 saturated carbocycles. The van der Waals surface area contributed by atoms with E-state index in [9.17, 15) is 26.7 Å². The van der Waals surface area contributed by atoms with Crippen LogP contribution in [0.25, 0.3) is 0 Å². The minimum Gasteiger partial charge on any atom is -0.370 e. The molecule has 166 valence electrons. The summed E-state index contributed by atoms with van der Waals surface area (Å²) in [7, 11) is -1.32. The highest BCUT2D eigenvalue weighted by molar-refractivity contribution is 7.92. The highest BCUT2D eigenvalue weighted by Gasteiger charge is 2.59. The van der Waals surface area contributed by atoms with Gasteiger partial charge in [0.15, 0.2) is 5.82 Å². The normalized spacial score (nSPS) is 14.3. The summed E-state index contributed by atoms with van der Waals surface area (Å²) in [5.41, 5.74) is -3.82. The highest BCUT2D eigenvalue weighted by atomic mass is 32.2. The molecule has 0 amide bonds. The number of halogens is 3. The van der Waals surface area contributed by atoms with E-state index in [1.54, 1.807) is 18.2 Å². The van der Waals surface area contributed by atoms with Gasteiger partial charge in [-0.1, -0.05) is 30.3 Å². The van der Waals surface area contributed by atoms with E-state index in [-0.39, 0.29) is 17.3 Å². The van der Waals surface area contributed by atoms with E-state index in [2.05, 4.69) is 4.98 Å². The fourth-order valence-electron chi connectivity index (χ4n) is 3.10. The number of nitrogens with zero attached hydrogens (tertiary/aromatic N) is 3. The van der Waals surface area contributed by atoms with Gasteiger partial charge < -0.3 is 14.4 Å². The Morgan fingerprint density at radius 2 is 1.71 bits per heavy atom. The molecule has 0 aliphatic rings. The van der Waals surface area contributed by atoms with E-state index >= 15 is 0 Å². The molecule has 0 aliphatic carbocycles. The standard InChI is InChI=1S/C20H20F3N3O4S/c1-25(31(28,29)17-6-4-3-5-7-17)16-10-8-15(9-11-16)19(27,20(21,22)23)18-24-12-13-26(18)14-30-2/h3-13,27H,14H2,1-2H3. The quantitative estimate of drug-likeness (QED) is 0.592. The first kappa shape index (κ1) is 22.8. The Morgan fingerprint density at radius 3 is 2.26 bits per heavy atom. The molecule has 0 fully saturated rings. The molecule has 1 aromatic heterocycles. The molecule has 3 aromatic rings. The molecule has 0 bridgehead atoms. The van der Waals surface area contributed by atoms with Crippen LogP contribution in [0.3, 0.4) is 0 Å². The molecule has 0 spiro atoms. The summed E-state index contributed by atoms with van der Waals surface area (Å²) in [6, 6.07) is 12.0. The van der Waals surface area contributed by atoms with Gasteiger partial charge in [-0.3, -0.25) is 4.31 Å². The Kier molecular flexibility index (Phi) is 6.12. The van der Waals surface area contributed by atoms with Gasteiger partial charge in [-0.2, -0.15) is 13.2 Å². The van der Waals surface area contributed by atoms with E-state index in [0.29, 0.717) is 0 Å². The van der Waals surface area contributed by atoms with Crippen molar-refractivity contribution in [2.24, 2.45) is 0 Å². The lowest BCUT2D eigenvalue weighted by Gasteiger charge is -2.31. The molecule has 1 atom stereocenters. The van der Waals surface area contributed by atoms with Crippen molar-refractivity contribution in [3.63, 3.8) is 0 Å². The number of hydrogen-bond acceptors (Lipinski definition) is 5. The van der Waals surface area contributed by atoms with Crippen LogP contribution in [-0.4, -0.2) is 43.4 Å². The van der Waals surface area contributed by atoms with Crippen LogP contribution in [-0.2, 0) is 27.1 Å². The zero-order valence-corrected chi connectivity index (χ0v) is 17.4. The van der Waals surface area contributed by atoms with Gasteiger partial charge in [0.25, 0.3) is 10.0 Å². The average Bonchev–Trinajstić information content (AvgIpc) is 3.21. The van der Waals surface area contributed by atoms with E-state index < -0.39 is 33.2 Å². The van der Waals surface area contributed by atoms with Crippen LogP contribution in [0, 0.1) is 0 Å². The number of hydrogen-bond donors (Lipinski definition) is 1. The van der Waals surface area contributed by atoms with Gasteiger partial charge in [0.05, 0.1) is 10.6 Å². The molecule has 1 N–H and O–H groups in total. The summed E-state index contributed by atoms with van der Waals surface area (Å²) in [5.74, 6) is -0.667. The molecule has 1 heterocycles. The van der Waals surface area contributed by atoms with Crippen molar-refractivity contribution in [2.45, 2.75) is 23.4 Å². The number of anilines is 1. The Hall–Kier alpha value is -2.89. The summed E-state index contributed by atoms with van der Waals surface area (Å²) in [6.07, 6.45) is -2.73. The summed E-state index contributed by atoms with van der Waals surface area (Å²) in [6.45, 7) is -0.246. The number of rotatable bonds is 7. The number of aliphatic hydroxyl groups is 1. The second-order valence-electron chi connectivity index (χ2n) is 6.68. The van der Waals surface area contributed by atoms with Crippen LogP contribution in [0.4, 0.5) is 18.9 Å². The number of sulfonamides is 1. The second-order valence-corrected chi connectivity index (χ2v) is 8.65. The number of alkyl halides is 3. The van der Waals surface area contributed by atoms with E-state index in [4.69, 9.17) is 4.74 Å². The molecule has 31 heavy (non-hydrogen) atoms. The highest BCUT2D eigenvalue weighted by Crippen LogP contribution is 2.44. The van der Waals surface area contributed by atoms with E-state index in [1.165, 1.54) is 44.6 Å². The van der Waals surface area contributed by atoms with Crippen LogP contribution in [0.2, 0.25) is 0 Å². The molecular weight excluding hydrogens is 435 g/mol. The second kappa shape index (κ2) is 8.33. The largest absolute Gasteiger partial charge is 0.428 e. The van der Waals surface area contributed by atoms with Crippen molar-refractivity contribution < 1.29 is 31.4 Å². The van der Waals surface area contributed by atoms with Gasteiger partial charge in [0.1, 0.15) is 6.73 Å². The maximum atomic E-state index is 14.0. The lowest BCUT2D eigenvalue weighted by molar-refractivity contribution is -0.252. The predicted octanol–water partition coefficient (Wildman–Crippen LogP) is 3.11. The summed E-state index contributed by atoms with van der Waals surface area (Å²) in [4.78, 5) is 3.73. The minimum absolute atomic E-state index is 0.0370. The number of aromatic nitrogens is 2. The lowest BCUT2D eigenvalue weighted by atomic mass is 9.91. The zero-order valence-electron chi connectivity index (χ0n) is 16.6. The smallest absolute Gasteiger partial charge is 0.370 e. The molecule has 7 nitrogen and oxygen atoms in total.